The molecule has 1 saturated carbocycles. The molecule has 4 N–H and O–H groups in total. The minimum absolute atomic E-state index is 0.0685. The minimum atomic E-state index is -2.98. The van der Waals surface area contributed by atoms with Gasteiger partial charge in [-0.25, -0.2) is 26.6 Å². The number of amides is 1. The fraction of sp³-hybridized carbons (Fsp3) is 0.679. The smallest absolute Gasteiger partial charge is 0.248 e. The lowest BCUT2D eigenvalue weighted by atomic mass is 9.80. The summed E-state index contributed by atoms with van der Waals surface area (Å²) >= 11 is 0.824. The van der Waals surface area contributed by atoms with Crippen molar-refractivity contribution in [3.8, 4) is 11.3 Å². The van der Waals surface area contributed by atoms with Crippen molar-refractivity contribution in [2.75, 3.05) is 13.7 Å². The molecule has 16 heteroatoms. The van der Waals surface area contributed by atoms with E-state index in [0.717, 1.165) is 28.6 Å². The lowest BCUT2D eigenvalue weighted by Crippen LogP contribution is -2.59. The van der Waals surface area contributed by atoms with Crippen molar-refractivity contribution in [1.82, 2.24) is 20.3 Å². The predicted octanol–water partition coefficient (Wildman–Crippen LogP) is 3.34. The number of thioether (sulfide) groups is 1. The van der Waals surface area contributed by atoms with E-state index in [-0.39, 0.29) is 30.1 Å². The van der Waals surface area contributed by atoms with Crippen LogP contribution in [0, 0.1) is 17.5 Å². The van der Waals surface area contributed by atoms with Crippen LogP contribution in [-0.2, 0) is 14.3 Å². The Hall–Kier alpha value is -2.37. The normalized spacial score (nSPS) is 27.3. The molecule has 1 aliphatic carbocycles. The number of aromatic nitrogens is 3. The monoisotopic (exact) mass is 652 g/mol. The van der Waals surface area contributed by atoms with Gasteiger partial charge in [-0.3, -0.25) is 4.79 Å². The quantitative estimate of drug-likeness (QED) is 0.213. The molecule has 0 bridgehead atoms. The second kappa shape index (κ2) is 14.0. The molecule has 1 saturated heterocycles. The second-order valence-corrected chi connectivity index (χ2v) is 12.5. The molecular weight excluding hydrogens is 615 g/mol. The molecule has 2 aliphatic rings. The zero-order chi connectivity index (χ0) is 32.4. The Kier molecular flexibility index (Phi) is 10.9. The summed E-state index contributed by atoms with van der Waals surface area (Å²) in [5.41, 5.74) is -3.19. The summed E-state index contributed by atoms with van der Waals surface area (Å²) in [6.07, 6.45) is -3.36. The van der Waals surface area contributed by atoms with E-state index >= 15 is 0 Å². The Bertz CT molecular complexity index is 1270. The number of rotatable bonds is 11. The first-order chi connectivity index (χ1) is 20.8. The highest BCUT2D eigenvalue weighted by Gasteiger charge is 2.54. The van der Waals surface area contributed by atoms with Crippen molar-refractivity contribution in [3.63, 3.8) is 0 Å². The van der Waals surface area contributed by atoms with Crippen molar-refractivity contribution in [2.24, 2.45) is 0 Å². The third-order valence-electron chi connectivity index (χ3n) is 8.37. The van der Waals surface area contributed by atoms with E-state index in [4.69, 9.17) is 9.47 Å². The van der Waals surface area contributed by atoms with Gasteiger partial charge < -0.3 is 30.1 Å². The van der Waals surface area contributed by atoms with Gasteiger partial charge in [-0.05, 0) is 37.8 Å². The molecule has 2 aromatic rings. The van der Waals surface area contributed by atoms with Crippen molar-refractivity contribution < 1.29 is 51.5 Å². The number of alkyl halides is 2. The van der Waals surface area contributed by atoms with Crippen LogP contribution in [0.3, 0.4) is 0 Å². The summed E-state index contributed by atoms with van der Waals surface area (Å²) < 4.78 is 82.2. The number of hydrogen-bond donors (Lipinski definition) is 4. The minimum Gasteiger partial charge on any atom is -0.394 e. The van der Waals surface area contributed by atoms with Crippen LogP contribution in [0.15, 0.2) is 18.3 Å². The third-order valence-corrected chi connectivity index (χ3v) is 9.94. The van der Waals surface area contributed by atoms with E-state index in [1.165, 1.54) is 13.3 Å². The molecule has 0 spiro atoms. The van der Waals surface area contributed by atoms with Gasteiger partial charge in [0.15, 0.2) is 17.5 Å². The van der Waals surface area contributed by atoms with E-state index in [9.17, 15) is 42.1 Å². The average molecular weight is 653 g/mol. The van der Waals surface area contributed by atoms with Gasteiger partial charge in [0.2, 0.25) is 11.8 Å². The van der Waals surface area contributed by atoms with E-state index in [1.54, 1.807) is 0 Å². The van der Waals surface area contributed by atoms with Gasteiger partial charge in [0, 0.05) is 31.6 Å². The number of ether oxygens (including phenoxy) is 2. The third kappa shape index (κ3) is 7.20. The van der Waals surface area contributed by atoms with Crippen LogP contribution in [-0.4, -0.2) is 96.5 Å². The van der Waals surface area contributed by atoms with Crippen molar-refractivity contribution in [3.05, 3.63) is 35.8 Å². The number of hydrogen-bond acceptors (Lipinski definition) is 9. The standard InChI is InChI=1S/C28H37F5N4O6S/c1-4-15(5-2)34-25(40)24(27(41)6-8-28(32,33)9-7-27)44-26-23(42-3)21(22(39)19(13-38)43-26)37-12-18(35-36-37)14-10-16(29)20(31)17(30)11-14/h10-12,15,19,21-24,26,38-39,41H,4-9,13H2,1-3H3,(H,34,40)/t19-,21+,22+,23-,24?,26+/m1/s1. The lowest BCUT2D eigenvalue weighted by molar-refractivity contribution is -0.186. The fourth-order valence-electron chi connectivity index (χ4n) is 5.63. The molecule has 2 heterocycles. The number of aliphatic hydroxyl groups is 3. The Morgan fingerprint density at radius 3 is 2.34 bits per heavy atom. The Balaban J connectivity index is 1.68. The van der Waals surface area contributed by atoms with Crippen LogP contribution < -0.4 is 5.32 Å². The molecule has 1 amide bonds. The molecule has 44 heavy (non-hydrogen) atoms. The van der Waals surface area contributed by atoms with Crippen LogP contribution in [0.25, 0.3) is 11.3 Å². The first-order valence-corrected chi connectivity index (χ1v) is 15.3. The van der Waals surface area contributed by atoms with Crippen LogP contribution in [0.5, 0.6) is 0 Å². The second-order valence-electron chi connectivity index (χ2n) is 11.2. The largest absolute Gasteiger partial charge is 0.394 e. The van der Waals surface area contributed by atoms with Gasteiger partial charge in [-0.15, -0.1) is 16.9 Å². The number of methoxy groups -OCH3 is 1. The number of carbonyl (C=O) groups excluding carboxylic acids is 1. The van der Waals surface area contributed by atoms with Crippen LogP contribution in [0.4, 0.5) is 22.0 Å². The van der Waals surface area contributed by atoms with E-state index in [2.05, 4.69) is 15.6 Å². The molecule has 1 aliphatic heterocycles. The van der Waals surface area contributed by atoms with Crippen LogP contribution in [0.2, 0.25) is 0 Å². The Morgan fingerprint density at radius 2 is 1.80 bits per heavy atom. The van der Waals surface area contributed by atoms with Crippen molar-refractivity contribution in [2.45, 2.75) is 105 Å². The van der Waals surface area contributed by atoms with Gasteiger partial charge in [0.05, 0.1) is 18.4 Å². The molecule has 6 atom stereocenters. The highest BCUT2D eigenvalue weighted by atomic mass is 32.2. The number of nitrogens with one attached hydrogen (secondary N) is 1. The summed E-state index contributed by atoms with van der Waals surface area (Å²) in [4.78, 5) is 13.6. The van der Waals surface area contributed by atoms with Gasteiger partial charge in [0.25, 0.3) is 0 Å². The highest BCUT2D eigenvalue weighted by Crippen LogP contribution is 2.47. The summed E-state index contributed by atoms with van der Waals surface area (Å²) in [6, 6.07) is 0.0772. The first kappa shape index (κ1) is 34.5. The Morgan fingerprint density at radius 1 is 1.18 bits per heavy atom. The molecule has 246 valence electrons. The van der Waals surface area contributed by atoms with E-state index in [1.807, 2.05) is 13.8 Å². The zero-order valence-electron chi connectivity index (χ0n) is 24.4. The summed E-state index contributed by atoms with van der Waals surface area (Å²) in [5.74, 6) is -8.10. The summed E-state index contributed by atoms with van der Waals surface area (Å²) in [6.45, 7) is 3.06. The predicted molar refractivity (Wildman–Crippen MR) is 149 cm³/mol. The molecule has 1 aromatic heterocycles. The van der Waals surface area contributed by atoms with E-state index < -0.39 is 89.4 Å². The number of halogens is 5. The molecule has 1 unspecified atom stereocenters. The molecular formula is C28H37F5N4O6S. The van der Waals surface area contributed by atoms with Crippen LogP contribution in [0.1, 0.15) is 58.4 Å². The molecule has 2 fully saturated rings. The lowest BCUT2D eigenvalue weighted by Gasteiger charge is -2.46. The maximum Gasteiger partial charge on any atom is 0.248 e. The molecule has 10 nitrogen and oxygen atoms in total. The fourth-order valence-corrected chi connectivity index (χ4v) is 7.21. The summed E-state index contributed by atoms with van der Waals surface area (Å²) in [5, 5.41) is 42.2. The Labute approximate surface area is 255 Å². The van der Waals surface area contributed by atoms with Crippen molar-refractivity contribution >= 4 is 17.7 Å². The average Bonchev–Trinajstić information content (AvgIpc) is 3.48. The number of aliphatic hydroxyl groups excluding tert-OH is 2. The van der Waals surface area contributed by atoms with Crippen LogP contribution >= 0.6 is 11.8 Å². The highest BCUT2D eigenvalue weighted by molar-refractivity contribution is 8.01. The van der Waals surface area contributed by atoms with Crippen molar-refractivity contribution in [1.29, 1.82) is 0 Å². The molecule has 4 rings (SSSR count). The topological polar surface area (TPSA) is 139 Å². The molecule has 0 radical (unpaired) electrons. The zero-order valence-corrected chi connectivity index (χ0v) is 25.2. The molecule has 1 aromatic carbocycles. The number of benzene rings is 1. The van der Waals surface area contributed by atoms with Gasteiger partial charge in [-0.2, -0.15) is 0 Å². The first-order valence-electron chi connectivity index (χ1n) is 14.4. The van der Waals surface area contributed by atoms with Gasteiger partial charge in [0.1, 0.15) is 40.7 Å². The number of carbonyl (C=O) groups is 1. The SMILES string of the molecule is CCC(CC)NC(=O)C(S[C@@H]1O[C@H](CO)[C@H](O)[C@H](n2cc(-c3cc(F)c(F)c(F)c3)nn2)[C@H]1OC)C1(O)CCC(F)(F)CC1. The van der Waals surface area contributed by atoms with Gasteiger partial charge >= 0.3 is 0 Å². The van der Waals surface area contributed by atoms with Gasteiger partial charge in [-0.1, -0.05) is 19.1 Å². The maximum atomic E-state index is 14.1. The number of nitrogens with zero attached hydrogens (tertiary/aromatic N) is 3. The summed E-state index contributed by atoms with van der Waals surface area (Å²) in [7, 11) is 1.29. The van der Waals surface area contributed by atoms with E-state index in [0.29, 0.717) is 12.8 Å². The maximum absolute atomic E-state index is 14.1.